The molecule has 0 unspecified atom stereocenters. The number of carbonyl (C=O) groups is 1. The van der Waals surface area contributed by atoms with E-state index >= 15 is 0 Å². The van der Waals surface area contributed by atoms with Crippen molar-refractivity contribution in [3.8, 4) is 0 Å². The van der Waals surface area contributed by atoms with Crippen LogP contribution in [0, 0.1) is 0 Å². The highest BCUT2D eigenvalue weighted by Crippen LogP contribution is 2.29. The van der Waals surface area contributed by atoms with Gasteiger partial charge >= 0.3 is 0 Å². The molecule has 0 spiro atoms. The number of thioether (sulfide) groups is 1. The Bertz CT molecular complexity index is 1040. The van der Waals surface area contributed by atoms with Crippen LogP contribution in [-0.4, -0.2) is 26.4 Å². The molecule has 2 aromatic carbocycles. The summed E-state index contributed by atoms with van der Waals surface area (Å²) in [7, 11) is 0. The Balaban J connectivity index is 1.37. The first-order valence-corrected chi connectivity index (χ1v) is 10.4. The number of nitrogens with zero attached hydrogens (tertiary/aromatic N) is 3. The van der Waals surface area contributed by atoms with Crippen molar-refractivity contribution in [3.63, 3.8) is 0 Å². The summed E-state index contributed by atoms with van der Waals surface area (Å²) < 4.78 is 3.77. The average Bonchev–Trinajstić information content (AvgIpc) is 3.28. The fourth-order valence-corrected chi connectivity index (χ4v) is 4.54. The van der Waals surface area contributed by atoms with Gasteiger partial charge in [0.1, 0.15) is 5.82 Å². The molecule has 0 radical (unpaired) electrons. The predicted molar refractivity (Wildman–Crippen MR) is 112 cm³/mol. The van der Waals surface area contributed by atoms with Gasteiger partial charge in [0.05, 0.1) is 28.7 Å². The van der Waals surface area contributed by atoms with E-state index in [0.717, 1.165) is 20.1 Å². The van der Waals surface area contributed by atoms with E-state index in [1.54, 1.807) is 28.3 Å². The van der Waals surface area contributed by atoms with Gasteiger partial charge in [-0.15, -0.1) is 11.3 Å². The largest absolute Gasteiger partial charge is 0.310 e. The number of rotatable bonds is 6. The Morgan fingerprint density at radius 3 is 2.78 bits per heavy atom. The quantitative estimate of drug-likeness (QED) is 0.454. The fraction of sp³-hybridized carbons (Fsp3) is 0.105. The second-order valence-electron chi connectivity index (χ2n) is 5.78. The van der Waals surface area contributed by atoms with E-state index < -0.39 is 0 Å². The van der Waals surface area contributed by atoms with Gasteiger partial charge in [-0.05, 0) is 29.8 Å². The van der Waals surface area contributed by atoms with E-state index in [2.05, 4.69) is 15.4 Å². The Hall–Kier alpha value is -2.35. The lowest BCUT2D eigenvalue weighted by Crippen LogP contribution is -2.17. The summed E-state index contributed by atoms with van der Waals surface area (Å²) >= 11 is 8.95. The third-order valence-corrected chi connectivity index (χ3v) is 6.26. The lowest BCUT2D eigenvalue weighted by atomic mass is 10.2. The molecular formula is C19H15ClN4OS2. The van der Waals surface area contributed by atoms with Crippen molar-refractivity contribution in [2.45, 2.75) is 10.9 Å². The van der Waals surface area contributed by atoms with E-state index in [9.17, 15) is 4.79 Å². The molecule has 1 amide bonds. The van der Waals surface area contributed by atoms with E-state index in [0.29, 0.717) is 23.1 Å². The first kappa shape index (κ1) is 18.0. The zero-order chi connectivity index (χ0) is 18.6. The van der Waals surface area contributed by atoms with Crippen LogP contribution in [0.25, 0.3) is 10.2 Å². The van der Waals surface area contributed by atoms with E-state index in [-0.39, 0.29) is 5.91 Å². The number of carbonyl (C=O) groups excluding carboxylic acids is 1. The number of hydrogen-bond acceptors (Lipinski definition) is 5. The summed E-state index contributed by atoms with van der Waals surface area (Å²) in [6.07, 6.45) is 1.67. The molecule has 2 aromatic heterocycles. The number of hydrogen-bond donors (Lipinski definition) is 1. The number of halogens is 1. The molecule has 0 atom stereocenters. The number of amides is 1. The minimum atomic E-state index is -0.0860. The van der Waals surface area contributed by atoms with E-state index in [4.69, 9.17) is 11.6 Å². The first-order chi connectivity index (χ1) is 13.2. The molecule has 5 nitrogen and oxygen atoms in total. The third-order valence-electron chi connectivity index (χ3n) is 3.83. The van der Waals surface area contributed by atoms with Crippen molar-refractivity contribution in [1.29, 1.82) is 0 Å². The van der Waals surface area contributed by atoms with Gasteiger partial charge in [0.25, 0.3) is 0 Å². The number of anilines is 1. The first-order valence-electron chi connectivity index (χ1n) is 8.22. The number of fused-ring (bicyclic) bond motifs is 1. The predicted octanol–water partition coefficient (Wildman–Crippen LogP) is 4.93. The maximum atomic E-state index is 12.3. The second-order valence-corrected chi connectivity index (χ2v) is 8.47. The van der Waals surface area contributed by atoms with Gasteiger partial charge in [-0.25, -0.2) is 9.67 Å². The number of para-hydroxylation sites is 1. The summed E-state index contributed by atoms with van der Waals surface area (Å²) in [6.45, 7) is 0.560. The van der Waals surface area contributed by atoms with Gasteiger partial charge < -0.3 is 5.32 Å². The molecule has 0 aliphatic heterocycles. The highest BCUT2D eigenvalue weighted by molar-refractivity contribution is 8.01. The number of nitrogens with one attached hydrogen (secondary N) is 1. The van der Waals surface area contributed by atoms with Crippen LogP contribution in [0.4, 0.5) is 5.82 Å². The summed E-state index contributed by atoms with van der Waals surface area (Å²) in [5.41, 5.74) is 2.02. The van der Waals surface area contributed by atoms with E-state index in [1.807, 2.05) is 48.5 Å². The maximum absolute atomic E-state index is 12.3. The molecule has 0 saturated heterocycles. The molecule has 8 heteroatoms. The molecule has 0 fully saturated rings. The van der Waals surface area contributed by atoms with Crippen molar-refractivity contribution in [1.82, 2.24) is 14.8 Å². The normalized spacial score (nSPS) is 11.0. The lowest BCUT2D eigenvalue weighted by molar-refractivity contribution is -0.113. The van der Waals surface area contributed by atoms with Gasteiger partial charge in [0, 0.05) is 11.1 Å². The van der Waals surface area contributed by atoms with Crippen LogP contribution in [0.5, 0.6) is 0 Å². The minimum Gasteiger partial charge on any atom is -0.310 e. The lowest BCUT2D eigenvalue weighted by Gasteiger charge is -2.09. The molecule has 0 bridgehead atoms. The van der Waals surface area contributed by atoms with Crippen LogP contribution in [0.15, 0.2) is 65.1 Å². The highest BCUT2D eigenvalue weighted by Gasteiger charge is 2.10. The monoisotopic (exact) mass is 414 g/mol. The average molecular weight is 415 g/mol. The van der Waals surface area contributed by atoms with Crippen molar-refractivity contribution >= 4 is 56.6 Å². The van der Waals surface area contributed by atoms with Crippen LogP contribution < -0.4 is 5.32 Å². The number of aromatic nitrogens is 3. The molecular weight excluding hydrogens is 400 g/mol. The molecule has 27 heavy (non-hydrogen) atoms. The number of benzene rings is 2. The topological polar surface area (TPSA) is 59.8 Å². The fourth-order valence-electron chi connectivity index (χ4n) is 2.55. The second kappa shape index (κ2) is 8.12. The van der Waals surface area contributed by atoms with Gasteiger partial charge in [-0.2, -0.15) is 5.10 Å². The summed E-state index contributed by atoms with van der Waals surface area (Å²) in [5, 5.41) is 7.90. The van der Waals surface area contributed by atoms with Gasteiger partial charge in [0.2, 0.25) is 5.91 Å². The third kappa shape index (κ3) is 4.50. The van der Waals surface area contributed by atoms with Gasteiger partial charge in [-0.1, -0.05) is 47.6 Å². The molecule has 136 valence electrons. The Morgan fingerprint density at radius 2 is 1.96 bits per heavy atom. The Labute approximate surface area is 169 Å². The highest BCUT2D eigenvalue weighted by atomic mass is 35.5. The smallest absolute Gasteiger partial charge is 0.235 e. The molecule has 0 aliphatic rings. The zero-order valence-electron chi connectivity index (χ0n) is 14.1. The molecule has 0 aliphatic carbocycles. The van der Waals surface area contributed by atoms with E-state index in [1.165, 1.54) is 11.8 Å². The molecule has 0 saturated carbocycles. The van der Waals surface area contributed by atoms with Crippen LogP contribution in [0.2, 0.25) is 5.02 Å². The molecule has 4 aromatic rings. The van der Waals surface area contributed by atoms with Gasteiger partial charge in [-0.3, -0.25) is 4.79 Å². The zero-order valence-corrected chi connectivity index (χ0v) is 16.5. The summed E-state index contributed by atoms with van der Waals surface area (Å²) in [4.78, 5) is 16.9. The van der Waals surface area contributed by atoms with Crippen LogP contribution >= 0.6 is 34.7 Å². The minimum absolute atomic E-state index is 0.0860. The summed E-state index contributed by atoms with van der Waals surface area (Å²) in [5.74, 6) is 0.878. The van der Waals surface area contributed by atoms with Crippen molar-refractivity contribution in [2.75, 3.05) is 11.1 Å². The van der Waals surface area contributed by atoms with Crippen LogP contribution in [-0.2, 0) is 11.3 Å². The molecule has 4 rings (SSSR count). The maximum Gasteiger partial charge on any atom is 0.235 e. The Kier molecular flexibility index (Phi) is 5.42. The summed E-state index contributed by atoms with van der Waals surface area (Å²) in [6, 6.07) is 17.3. The molecule has 2 heterocycles. The van der Waals surface area contributed by atoms with Crippen LogP contribution in [0.3, 0.4) is 0 Å². The standard InChI is InChI=1S/C19H15ClN4OS2/c20-14-7-5-13(6-8-14)11-24-17(9-10-21-24)23-18(25)12-26-19-22-15-3-1-2-4-16(15)27-19/h1-10H,11-12H2,(H,23,25). The van der Waals surface area contributed by atoms with Crippen molar-refractivity contribution in [3.05, 3.63) is 71.4 Å². The number of thiazole rings is 1. The van der Waals surface area contributed by atoms with Crippen LogP contribution in [0.1, 0.15) is 5.56 Å². The van der Waals surface area contributed by atoms with Crippen molar-refractivity contribution < 1.29 is 4.79 Å². The Morgan fingerprint density at radius 1 is 1.15 bits per heavy atom. The van der Waals surface area contributed by atoms with Crippen molar-refractivity contribution in [2.24, 2.45) is 0 Å². The SMILES string of the molecule is O=C(CSc1nc2ccccc2s1)Nc1ccnn1Cc1ccc(Cl)cc1. The van der Waals surface area contributed by atoms with Gasteiger partial charge in [0.15, 0.2) is 4.34 Å². The molecule has 1 N–H and O–H groups in total.